The van der Waals surface area contributed by atoms with Crippen LogP contribution >= 0.6 is 0 Å². The fraction of sp³-hybridized carbons (Fsp3) is 0.368. The second-order valence-electron chi connectivity index (χ2n) is 6.95. The molecule has 0 saturated carbocycles. The normalized spacial score (nSPS) is 17.3. The third-order valence-electron chi connectivity index (χ3n) is 5.05. The maximum atomic E-state index is 12.8. The number of amides is 1. The minimum Gasteiger partial charge on any atom is -0.454 e. The summed E-state index contributed by atoms with van der Waals surface area (Å²) in [6.07, 6.45) is 2.86. The highest BCUT2D eigenvalue weighted by Crippen LogP contribution is 2.34. The van der Waals surface area contributed by atoms with Crippen molar-refractivity contribution >= 4 is 21.6 Å². The van der Waals surface area contributed by atoms with E-state index < -0.39 is 27.5 Å². The van der Waals surface area contributed by atoms with Crippen LogP contribution in [0.2, 0.25) is 0 Å². The molecule has 1 saturated heterocycles. The van der Waals surface area contributed by atoms with Gasteiger partial charge >= 0.3 is 0 Å². The summed E-state index contributed by atoms with van der Waals surface area (Å²) in [5.41, 5.74) is 0.0266. The van der Waals surface area contributed by atoms with Gasteiger partial charge in [-0.2, -0.15) is 4.31 Å². The number of aromatic nitrogens is 1. The van der Waals surface area contributed by atoms with Gasteiger partial charge in [-0.05, 0) is 38.0 Å². The molecule has 0 spiro atoms. The molecule has 2 aromatic rings. The number of benzene rings is 1. The molecule has 3 heterocycles. The smallest absolute Gasteiger partial charge is 0.251 e. The van der Waals surface area contributed by atoms with Crippen LogP contribution in [0.1, 0.15) is 25.8 Å². The highest BCUT2D eigenvalue weighted by molar-refractivity contribution is 7.89. The van der Waals surface area contributed by atoms with Crippen molar-refractivity contribution in [3.05, 3.63) is 46.9 Å². The molecule has 1 amide bonds. The van der Waals surface area contributed by atoms with E-state index >= 15 is 0 Å². The topological polar surface area (TPSA) is 107 Å². The first kappa shape index (κ1) is 19.5. The van der Waals surface area contributed by atoms with Crippen LogP contribution in [0.4, 0.5) is 5.69 Å². The number of anilines is 1. The average molecular weight is 419 g/mol. The molecule has 1 N–H and O–H groups in total. The van der Waals surface area contributed by atoms with Gasteiger partial charge in [0.05, 0.1) is 4.90 Å². The molecule has 154 valence electrons. The number of pyridine rings is 1. The van der Waals surface area contributed by atoms with Crippen molar-refractivity contribution < 1.29 is 22.7 Å². The molecular weight excluding hydrogens is 398 g/mol. The van der Waals surface area contributed by atoms with Crippen molar-refractivity contribution in [1.29, 1.82) is 0 Å². The third-order valence-corrected chi connectivity index (χ3v) is 6.93. The molecule has 1 fully saturated rings. The van der Waals surface area contributed by atoms with Crippen molar-refractivity contribution in [3.63, 3.8) is 0 Å². The fourth-order valence-corrected chi connectivity index (χ4v) is 4.89. The summed E-state index contributed by atoms with van der Waals surface area (Å²) in [4.78, 5) is 25.0. The summed E-state index contributed by atoms with van der Waals surface area (Å²) in [5, 5.41) is 2.72. The molecule has 1 aromatic heterocycles. The number of nitrogens with zero attached hydrogens (tertiary/aromatic N) is 2. The highest BCUT2D eigenvalue weighted by Gasteiger charge is 2.28. The predicted octanol–water partition coefficient (Wildman–Crippen LogP) is 1.56. The predicted molar refractivity (Wildman–Crippen MR) is 105 cm³/mol. The van der Waals surface area contributed by atoms with Crippen LogP contribution in [-0.2, 0) is 14.8 Å². The largest absolute Gasteiger partial charge is 0.454 e. The van der Waals surface area contributed by atoms with E-state index in [4.69, 9.17) is 9.47 Å². The number of hydrogen-bond acceptors (Lipinski definition) is 6. The van der Waals surface area contributed by atoms with Crippen LogP contribution in [0.5, 0.6) is 11.5 Å². The molecule has 2 aliphatic rings. The summed E-state index contributed by atoms with van der Waals surface area (Å²) in [6, 6.07) is 6.51. The Bertz CT molecular complexity index is 1110. The highest BCUT2D eigenvalue weighted by atomic mass is 32.2. The number of carbonyl (C=O) groups excluding carboxylic acids is 1. The standard InChI is InChI=1S/C19H21N3O6S/c1-13(19(24)20-14-4-6-16-17(10-14)28-12-27-16)22-11-15(5-7-18(22)23)29(25,26)21-8-2-3-9-21/h4-7,10-11,13H,2-3,8-9,12H2,1H3,(H,20,24)/t13-/m1/s1. The second kappa shape index (κ2) is 7.53. The summed E-state index contributed by atoms with van der Waals surface area (Å²) in [6.45, 7) is 2.58. The van der Waals surface area contributed by atoms with E-state index in [0.29, 0.717) is 30.3 Å². The van der Waals surface area contributed by atoms with Gasteiger partial charge in [-0.15, -0.1) is 0 Å². The van der Waals surface area contributed by atoms with Crippen LogP contribution in [-0.4, -0.2) is 43.1 Å². The number of fused-ring (bicyclic) bond motifs is 1. The molecule has 4 rings (SSSR count). The Morgan fingerprint density at radius 3 is 2.59 bits per heavy atom. The molecule has 1 aromatic carbocycles. The lowest BCUT2D eigenvalue weighted by molar-refractivity contribution is -0.118. The monoisotopic (exact) mass is 419 g/mol. The maximum absolute atomic E-state index is 12.8. The number of hydrogen-bond donors (Lipinski definition) is 1. The number of sulfonamides is 1. The minimum atomic E-state index is -3.69. The molecule has 9 nitrogen and oxygen atoms in total. The fourth-order valence-electron chi connectivity index (χ4n) is 3.36. The van der Waals surface area contributed by atoms with Crippen LogP contribution in [0.3, 0.4) is 0 Å². The molecule has 0 radical (unpaired) electrons. The molecule has 2 aliphatic heterocycles. The van der Waals surface area contributed by atoms with Crippen molar-refractivity contribution in [1.82, 2.24) is 8.87 Å². The van der Waals surface area contributed by atoms with Gasteiger partial charge in [0, 0.05) is 37.1 Å². The summed E-state index contributed by atoms with van der Waals surface area (Å²) in [5.74, 6) is 0.653. The van der Waals surface area contributed by atoms with Crippen molar-refractivity contribution in [2.75, 3.05) is 25.2 Å². The number of nitrogens with one attached hydrogen (secondary N) is 1. The zero-order valence-corrected chi connectivity index (χ0v) is 16.6. The quantitative estimate of drug-likeness (QED) is 0.788. The Morgan fingerprint density at radius 1 is 1.10 bits per heavy atom. The zero-order valence-electron chi connectivity index (χ0n) is 15.8. The van der Waals surface area contributed by atoms with Crippen LogP contribution in [0, 0.1) is 0 Å². The van der Waals surface area contributed by atoms with E-state index in [9.17, 15) is 18.0 Å². The lowest BCUT2D eigenvalue weighted by Gasteiger charge is -2.19. The molecular formula is C19H21N3O6S. The van der Waals surface area contributed by atoms with Crippen LogP contribution in [0.15, 0.2) is 46.2 Å². The Hall–Kier alpha value is -2.85. The van der Waals surface area contributed by atoms with Gasteiger partial charge < -0.3 is 19.4 Å². The second-order valence-corrected chi connectivity index (χ2v) is 8.89. The Labute approximate surface area is 167 Å². The first-order valence-corrected chi connectivity index (χ1v) is 10.7. The van der Waals surface area contributed by atoms with Gasteiger partial charge in [0.15, 0.2) is 11.5 Å². The Balaban J connectivity index is 1.57. The minimum absolute atomic E-state index is 0.00160. The zero-order chi connectivity index (χ0) is 20.6. The van der Waals surface area contributed by atoms with Gasteiger partial charge in [-0.25, -0.2) is 8.42 Å². The van der Waals surface area contributed by atoms with Gasteiger partial charge in [0.25, 0.3) is 5.56 Å². The molecule has 0 bridgehead atoms. The lowest BCUT2D eigenvalue weighted by atomic mass is 10.2. The third kappa shape index (κ3) is 3.73. The Morgan fingerprint density at radius 2 is 1.83 bits per heavy atom. The maximum Gasteiger partial charge on any atom is 0.251 e. The average Bonchev–Trinajstić information content (AvgIpc) is 3.39. The summed E-state index contributed by atoms with van der Waals surface area (Å²) >= 11 is 0. The van der Waals surface area contributed by atoms with E-state index in [1.807, 2.05) is 0 Å². The van der Waals surface area contributed by atoms with Gasteiger partial charge in [-0.1, -0.05) is 0 Å². The Kier molecular flexibility index (Phi) is 5.05. The van der Waals surface area contributed by atoms with Crippen molar-refractivity contribution in [3.8, 4) is 11.5 Å². The van der Waals surface area contributed by atoms with Crippen LogP contribution < -0.4 is 20.3 Å². The molecule has 10 heteroatoms. The van der Waals surface area contributed by atoms with Crippen molar-refractivity contribution in [2.24, 2.45) is 0 Å². The number of carbonyl (C=O) groups is 1. The molecule has 0 unspecified atom stereocenters. The van der Waals surface area contributed by atoms with Gasteiger partial charge in [-0.3, -0.25) is 9.59 Å². The summed E-state index contributed by atoms with van der Waals surface area (Å²) < 4.78 is 38.6. The first-order chi connectivity index (χ1) is 13.9. The lowest BCUT2D eigenvalue weighted by Crippen LogP contribution is -2.33. The van der Waals surface area contributed by atoms with Crippen molar-refractivity contribution in [2.45, 2.75) is 30.7 Å². The van der Waals surface area contributed by atoms with Crippen LogP contribution in [0.25, 0.3) is 0 Å². The van der Waals surface area contributed by atoms with E-state index in [0.717, 1.165) is 17.4 Å². The van der Waals surface area contributed by atoms with E-state index in [1.165, 1.54) is 29.6 Å². The van der Waals surface area contributed by atoms with E-state index in [2.05, 4.69) is 5.32 Å². The number of rotatable bonds is 5. The molecule has 1 atom stereocenters. The van der Waals surface area contributed by atoms with Gasteiger partial charge in [0.1, 0.15) is 6.04 Å². The van der Waals surface area contributed by atoms with E-state index in [-0.39, 0.29) is 11.7 Å². The molecule has 29 heavy (non-hydrogen) atoms. The first-order valence-electron chi connectivity index (χ1n) is 9.29. The van der Waals surface area contributed by atoms with Gasteiger partial charge in [0.2, 0.25) is 22.7 Å². The number of ether oxygens (including phenoxy) is 2. The SMILES string of the molecule is C[C@H](C(=O)Nc1ccc2c(c1)OCO2)n1cc(S(=O)(=O)N2CCCC2)ccc1=O. The van der Waals surface area contributed by atoms with E-state index in [1.54, 1.807) is 18.2 Å². The molecule has 0 aliphatic carbocycles. The summed E-state index contributed by atoms with van der Waals surface area (Å²) in [7, 11) is -3.69.